The highest BCUT2D eigenvalue weighted by Gasteiger charge is 2.22. The molecule has 5 heteroatoms. The number of rotatable bonds is 5. The fourth-order valence-electron chi connectivity index (χ4n) is 2.23. The van der Waals surface area contributed by atoms with Crippen molar-refractivity contribution in [2.24, 2.45) is 0 Å². The third-order valence-electron chi connectivity index (χ3n) is 3.50. The molecule has 0 aliphatic carbocycles. The van der Waals surface area contributed by atoms with Crippen molar-refractivity contribution in [1.29, 1.82) is 0 Å². The van der Waals surface area contributed by atoms with Gasteiger partial charge in [-0.25, -0.2) is 9.59 Å². The molecule has 0 aliphatic heterocycles. The molecular formula is C17H19NO4. The van der Waals surface area contributed by atoms with E-state index in [9.17, 15) is 9.59 Å². The molecule has 2 rings (SSSR count). The van der Waals surface area contributed by atoms with Crippen LogP contribution in [0.1, 0.15) is 35.9 Å². The fraction of sp³-hybridized carbons (Fsp3) is 0.294. The van der Waals surface area contributed by atoms with Crippen molar-refractivity contribution >= 4 is 11.9 Å². The van der Waals surface area contributed by atoms with Crippen molar-refractivity contribution in [3.63, 3.8) is 0 Å². The summed E-state index contributed by atoms with van der Waals surface area (Å²) in [6.45, 7) is 3.48. The average molecular weight is 301 g/mol. The van der Waals surface area contributed by atoms with Crippen molar-refractivity contribution in [3.05, 3.63) is 59.9 Å². The zero-order valence-electron chi connectivity index (χ0n) is 12.9. The number of benzene rings is 1. The first kappa shape index (κ1) is 15.8. The summed E-state index contributed by atoms with van der Waals surface area (Å²) < 4.78 is 11.5. The van der Waals surface area contributed by atoms with Gasteiger partial charge in [-0.2, -0.15) is 0 Å². The van der Waals surface area contributed by atoms with Gasteiger partial charge in [0.2, 0.25) is 0 Å². The third kappa shape index (κ3) is 3.36. The van der Waals surface area contributed by atoms with Gasteiger partial charge in [0.15, 0.2) is 6.10 Å². The summed E-state index contributed by atoms with van der Waals surface area (Å²) in [7, 11) is 1.26. The molecule has 22 heavy (non-hydrogen) atoms. The van der Waals surface area contributed by atoms with Crippen molar-refractivity contribution in [2.45, 2.75) is 26.0 Å². The first-order chi connectivity index (χ1) is 10.5. The van der Waals surface area contributed by atoms with Crippen LogP contribution in [0.2, 0.25) is 0 Å². The Hall–Kier alpha value is -2.56. The molecule has 1 heterocycles. The van der Waals surface area contributed by atoms with Crippen molar-refractivity contribution < 1.29 is 19.1 Å². The van der Waals surface area contributed by atoms with Gasteiger partial charge in [0.25, 0.3) is 0 Å². The van der Waals surface area contributed by atoms with Crippen LogP contribution in [0.25, 0.3) is 0 Å². The molecule has 0 spiro atoms. The maximum absolute atomic E-state index is 12.2. The fourth-order valence-corrected chi connectivity index (χ4v) is 2.23. The zero-order chi connectivity index (χ0) is 16.1. The molecule has 0 bridgehead atoms. The van der Waals surface area contributed by atoms with E-state index in [4.69, 9.17) is 4.74 Å². The molecule has 0 amide bonds. The quantitative estimate of drug-likeness (QED) is 0.797. The van der Waals surface area contributed by atoms with E-state index in [1.807, 2.05) is 48.0 Å². The van der Waals surface area contributed by atoms with Gasteiger partial charge < -0.3 is 14.0 Å². The highest BCUT2D eigenvalue weighted by atomic mass is 16.6. The lowest BCUT2D eigenvalue weighted by Crippen LogP contribution is -2.26. The lowest BCUT2D eigenvalue weighted by Gasteiger charge is -2.18. The van der Waals surface area contributed by atoms with Crippen LogP contribution in [0.15, 0.2) is 48.7 Å². The van der Waals surface area contributed by atoms with Gasteiger partial charge in [-0.3, -0.25) is 0 Å². The Morgan fingerprint density at radius 1 is 1.05 bits per heavy atom. The number of carbonyl (C=O) groups excluding carboxylic acids is 2. The third-order valence-corrected chi connectivity index (χ3v) is 3.50. The highest BCUT2D eigenvalue weighted by molar-refractivity contribution is 5.90. The molecule has 0 radical (unpaired) electrons. The molecular weight excluding hydrogens is 282 g/mol. The smallest absolute Gasteiger partial charge is 0.355 e. The summed E-state index contributed by atoms with van der Waals surface area (Å²) in [6.07, 6.45) is 0.879. The van der Waals surface area contributed by atoms with Crippen LogP contribution in [0.4, 0.5) is 0 Å². The SMILES string of the molecule is COC(=O)C(C)OC(=O)c1cccn1C(C)c1ccccc1. The second-order valence-electron chi connectivity index (χ2n) is 4.96. The number of carbonyl (C=O) groups is 2. The molecule has 0 saturated carbocycles. The summed E-state index contributed by atoms with van der Waals surface area (Å²) in [5.74, 6) is -1.13. The molecule has 0 saturated heterocycles. The Kier molecular flexibility index (Phi) is 4.99. The Morgan fingerprint density at radius 3 is 2.36 bits per heavy atom. The molecule has 5 nitrogen and oxygen atoms in total. The number of aromatic nitrogens is 1. The number of esters is 2. The second kappa shape index (κ2) is 6.93. The molecule has 0 fully saturated rings. The second-order valence-corrected chi connectivity index (χ2v) is 4.96. The normalized spacial score (nSPS) is 13.2. The number of hydrogen-bond donors (Lipinski definition) is 0. The van der Waals surface area contributed by atoms with Crippen LogP contribution in [-0.4, -0.2) is 29.7 Å². The first-order valence-electron chi connectivity index (χ1n) is 7.05. The molecule has 0 N–H and O–H groups in total. The van der Waals surface area contributed by atoms with Crippen LogP contribution in [0.3, 0.4) is 0 Å². The van der Waals surface area contributed by atoms with Crippen LogP contribution in [0.5, 0.6) is 0 Å². The van der Waals surface area contributed by atoms with E-state index in [1.54, 1.807) is 12.1 Å². The minimum atomic E-state index is -0.937. The zero-order valence-corrected chi connectivity index (χ0v) is 12.9. The monoisotopic (exact) mass is 301 g/mol. The van der Waals surface area contributed by atoms with Gasteiger partial charge in [0, 0.05) is 6.20 Å². The number of hydrogen-bond acceptors (Lipinski definition) is 4. The van der Waals surface area contributed by atoms with Crippen molar-refractivity contribution in [1.82, 2.24) is 4.57 Å². The lowest BCUT2D eigenvalue weighted by molar-refractivity contribution is -0.149. The maximum atomic E-state index is 12.2. The standard InChI is InChI=1S/C17H19NO4/c1-12(14-8-5-4-6-9-14)18-11-7-10-15(18)17(20)22-13(2)16(19)21-3/h4-13H,1-3H3. The molecule has 1 aromatic carbocycles. The van der Waals surface area contributed by atoms with Crippen LogP contribution in [-0.2, 0) is 14.3 Å². The van der Waals surface area contributed by atoms with Gasteiger partial charge in [-0.1, -0.05) is 30.3 Å². The van der Waals surface area contributed by atoms with E-state index < -0.39 is 18.0 Å². The molecule has 116 valence electrons. The van der Waals surface area contributed by atoms with Crippen LogP contribution in [0, 0.1) is 0 Å². The number of nitrogens with zero attached hydrogens (tertiary/aromatic N) is 1. The molecule has 2 atom stereocenters. The Morgan fingerprint density at radius 2 is 1.73 bits per heavy atom. The topological polar surface area (TPSA) is 57.5 Å². The molecule has 2 aromatic rings. The van der Waals surface area contributed by atoms with Crippen LogP contribution >= 0.6 is 0 Å². The Bertz CT molecular complexity index is 648. The maximum Gasteiger partial charge on any atom is 0.355 e. The largest absolute Gasteiger partial charge is 0.466 e. The van der Waals surface area contributed by atoms with Gasteiger partial charge >= 0.3 is 11.9 Å². The average Bonchev–Trinajstić information content (AvgIpc) is 3.03. The number of methoxy groups -OCH3 is 1. The minimum absolute atomic E-state index is 0.0211. The summed E-state index contributed by atoms with van der Waals surface area (Å²) >= 11 is 0. The summed E-state index contributed by atoms with van der Waals surface area (Å²) in [6, 6.07) is 13.3. The van der Waals surface area contributed by atoms with Crippen molar-refractivity contribution in [3.8, 4) is 0 Å². The van der Waals surface area contributed by atoms with Crippen molar-refractivity contribution in [2.75, 3.05) is 7.11 Å². The number of ether oxygens (including phenoxy) is 2. The minimum Gasteiger partial charge on any atom is -0.466 e. The lowest BCUT2D eigenvalue weighted by atomic mass is 10.1. The van der Waals surface area contributed by atoms with Gasteiger partial charge in [0.1, 0.15) is 5.69 Å². The Labute approximate surface area is 129 Å². The van der Waals surface area contributed by atoms with E-state index in [-0.39, 0.29) is 6.04 Å². The Balaban J connectivity index is 2.19. The molecule has 2 unspecified atom stereocenters. The van der Waals surface area contributed by atoms with E-state index in [2.05, 4.69) is 4.74 Å². The first-order valence-corrected chi connectivity index (χ1v) is 7.05. The van der Waals surface area contributed by atoms with Gasteiger partial charge in [0.05, 0.1) is 13.2 Å². The van der Waals surface area contributed by atoms with E-state index in [1.165, 1.54) is 14.0 Å². The van der Waals surface area contributed by atoms with E-state index >= 15 is 0 Å². The van der Waals surface area contributed by atoms with E-state index in [0.29, 0.717) is 5.69 Å². The molecule has 1 aromatic heterocycles. The van der Waals surface area contributed by atoms with Gasteiger partial charge in [-0.05, 0) is 31.5 Å². The predicted octanol–water partition coefficient (Wildman–Crippen LogP) is 2.82. The summed E-state index contributed by atoms with van der Waals surface area (Å²) in [5.41, 5.74) is 1.47. The van der Waals surface area contributed by atoms with Crippen LogP contribution < -0.4 is 0 Å². The van der Waals surface area contributed by atoms with Gasteiger partial charge in [-0.15, -0.1) is 0 Å². The predicted molar refractivity (Wildman–Crippen MR) is 81.6 cm³/mol. The highest BCUT2D eigenvalue weighted by Crippen LogP contribution is 2.21. The summed E-state index contributed by atoms with van der Waals surface area (Å²) in [4.78, 5) is 23.6. The molecule has 0 aliphatic rings. The summed E-state index contributed by atoms with van der Waals surface area (Å²) in [5, 5.41) is 0. The van der Waals surface area contributed by atoms with E-state index in [0.717, 1.165) is 5.56 Å².